The molecular weight excluding hydrogens is 400 g/mol. The van der Waals surface area contributed by atoms with E-state index in [2.05, 4.69) is 41.1 Å². The normalized spacial score (nSPS) is 15.0. The fraction of sp³-hybridized carbons (Fsp3) is 0.409. The molecule has 1 N–H and O–H groups in total. The van der Waals surface area contributed by atoms with Gasteiger partial charge in [-0.15, -0.1) is 11.3 Å². The molecule has 0 unspecified atom stereocenters. The van der Waals surface area contributed by atoms with Gasteiger partial charge in [0.05, 0.1) is 18.5 Å². The average molecular weight is 427 g/mol. The number of piperazine rings is 1. The van der Waals surface area contributed by atoms with Crippen LogP contribution in [0.25, 0.3) is 21.3 Å². The number of H-pyrrole nitrogens is 1. The Balaban J connectivity index is 1.54. The van der Waals surface area contributed by atoms with E-state index >= 15 is 0 Å². The number of thiophene rings is 1. The molecule has 1 aromatic carbocycles. The van der Waals surface area contributed by atoms with Crippen LogP contribution in [0.3, 0.4) is 0 Å². The van der Waals surface area contributed by atoms with E-state index in [-0.39, 0.29) is 11.7 Å². The van der Waals surface area contributed by atoms with Crippen LogP contribution in [0.1, 0.15) is 23.2 Å². The van der Waals surface area contributed by atoms with Crippen molar-refractivity contribution in [1.82, 2.24) is 19.8 Å². The summed E-state index contributed by atoms with van der Waals surface area (Å²) in [5, 5.41) is 0.664. The molecule has 0 saturated carbocycles. The minimum Gasteiger partial charge on any atom is -0.450 e. The van der Waals surface area contributed by atoms with Gasteiger partial charge in [0.2, 0.25) is 0 Å². The second-order valence-electron chi connectivity index (χ2n) is 7.55. The molecule has 0 radical (unpaired) electrons. The van der Waals surface area contributed by atoms with Gasteiger partial charge in [-0.1, -0.05) is 29.8 Å². The topological polar surface area (TPSA) is 78.5 Å². The standard InChI is InChI=1S/C22H26N4O3S/c1-4-29-22(28)26-11-9-25(10-12-26)13-17-23-20(27)19-18(15(3)30-21(19)24-17)16-7-5-14(2)6-8-16/h5-8H,4,9-13H2,1-3H3,(H,23,24,27). The van der Waals surface area contributed by atoms with Gasteiger partial charge in [-0.25, -0.2) is 9.78 Å². The van der Waals surface area contributed by atoms with Crippen molar-refractivity contribution in [2.75, 3.05) is 32.8 Å². The smallest absolute Gasteiger partial charge is 0.409 e. The van der Waals surface area contributed by atoms with Crippen LogP contribution >= 0.6 is 11.3 Å². The van der Waals surface area contributed by atoms with Crippen molar-refractivity contribution in [1.29, 1.82) is 0 Å². The molecule has 0 atom stereocenters. The highest BCUT2D eigenvalue weighted by atomic mass is 32.1. The summed E-state index contributed by atoms with van der Waals surface area (Å²) >= 11 is 1.56. The Labute approximate surface area is 179 Å². The summed E-state index contributed by atoms with van der Waals surface area (Å²) in [4.78, 5) is 38.3. The first-order chi connectivity index (χ1) is 14.5. The number of hydrogen-bond acceptors (Lipinski definition) is 6. The summed E-state index contributed by atoms with van der Waals surface area (Å²) in [5.41, 5.74) is 3.10. The lowest BCUT2D eigenvalue weighted by Crippen LogP contribution is -2.48. The Kier molecular flexibility index (Phi) is 5.87. The van der Waals surface area contributed by atoms with Crippen molar-refractivity contribution >= 4 is 27.6 Å². The van der Waals surface area contributed by atoms with Gasteiger partial charge in [-0.05, 0) is 26.3 Å². The molecule has 0 spiro atoms. The van der Waals surface area contributed by atoms with Crippen molar-refractivity contribution in [3.8, 4) is 11.1 Å². The molecule has 1 aliphatic heterocycles. The third-order valence-corrected chi connectivity index (χ3v) is 6.40. The third-order valence-electron chi connectivity index (χ3n) is 5.40. The molecule has 1 fully saturated rings. The van der Waals surface area contributed by atoms with Gasteiger partial charge in [0.25, 0.3) is 5.56 Å². The van der Waals surface area contributed by atoms with Crippen LogP contribution in [0.2, 0.25) is 0 Å². The minimum atomic E-state index is -0.261. The highest BCUT2D eigenvalue weighted by Crippen LogP contribution is 2.35. The van der Waals surface area contributed by atoms with Gasteiger partial charge in [-0.3, -0.25) is 9.69 Å². The van der Waals surface area contributed by atoms with E-state index in [4.69, 9.17) is 9.72 Å². The number of carbonyl (C=O) groups is 1. The predicted molar refractivity (Wildman–Crippen MR) is 119 cm³/mol. The van der Waals surface area contributed by atoms with Crippen LogP contribution in [0.15, 0.2) is 29.1 Å². The SMILES string of the molecule is CCOC(=O)N1CCN(Cc2nc3sc(C)c(-c4ccc(C)cc4)c3c(=O)[nH]2)CC1. The highest BCUT2D eigenvalue weighted by molar-refractivity contribution is 7.19. The van der Waals surface area contributed by atoms with Gasteiger partial charge >= 0.3 is 6.09 Å². The zero-order chi connectivity index (χ0) is 21.3. The summed E-state index contributed by atoms with van der Waals surface area (Å²) in [6, 6.07) is 8.23. The molecule has 0 aliphatic carbocycles. The lowest BCUT2D eigenvalue weighted by molar-refractivity contribution is 0.0772. The number of benzene rings is 1. The monoisotopic (exact) mass is 426 g/mol. The Morgan fingerprint density at radius 2 is 1.87 bits per heavy atom. The lowest BCUT2D eigenvalue weighted by atomic mass is 10.0. The molecule has 30 heavy (non-hydrogen) atoms. The number of aromatic nitrogens is 2. The van der Waals surface area contributed by atoms with Crippen molar-refractivity contribution in [2.45, 2.75) is 27.3 Å². The van der Waals surface area contributed by atoms with E-state index in [9.17, 15) is 9.59 Å². The first-order valence-electron chi connectivity index (χ1n) is 10.2. The summed E-state index contributed by atoms with van der Waals surface area (Å²) in [6.07, 6.45) is -0.261. The van der Waals surface area contributed by atoms with Crippen LogP contribution in [-0.4, -0.2) is 58.6 Å². The van der Waals surface area contributed by atoms with Crippen molar-refractivity contribution < 1.29 is 9.53 Å². The van der Waals surface area contributed by atoms with Gasteiger partial charge in [0.1, 0.15) is 10.7 Å². The van der Waals surface area contributed by atoms with Gasteiger partial charge in [0, 0.05) is 36.6 Å². The molecule has 3 heterocycles. The van der Waals surface area contributed by atoms with Crippen molar-refractivity contribution in [3.63, 3.8) is 0 Å². The maximum atomic E-state index is 13.0. The van der Waals surface area contributed by atoms with E-state index in [1.165, 1.54) is 5.56 Å². The first kappa shape index (κ1) is 20.6. The number of rotatable bonds is 4. The molecule has 1 amide bonds. The fourth-order valence-electron chi connectivity index (χ4n) is 3.82. The fourth-order valence-corrected chi connectivity index (χ4v) is 4.89. The minimum absolute atomic E-state index is 0.0971. The molecule has 1 aliphatic rings. The van der Waals surface area contributed by atoms with E-state index in [1.807, 2.05) is 13.8 Å². The van der Waals surface area contributed by atoms with Crippen LogP contribution in [-0.2, 0) is 11.3 Å². The average Bonchev–Trinajstić information content (AvgIpc) is 3.05. The van der Waals surface area contributed by atoms with Crippen molar-refractivity contribution in [2.24, 2.45) is 0 Å². The molecule has 2 aromatic heterocycles. The van der Waals surface area contributed by atoms with Crippen molar-refractivity contribution in [3.05, 3.63) is 50.9 Å². The second kappa shape index (κ2) is 8.57. The lowest BCUT2D eigenvalue weighted by Gasteiger charge is -2.33. The quantitative estimate of drug-likeness (QED) is 0.690. The van der Waals surface area contributed by atoms with Crippen LogP contribution in [0.5, 0.6) is 0 Å². The number of aromatic amines is 1. The van der Waals surface area contributed by atoms with Crippen LogP contribution in [0, 0.1) is 13.8 Å². The Morgan fingerprint density at radius 3 is 2.53 bits per heavy atom. The Morgan fingerprint density at radius 1 is 1.17 bits per heavy atom. The molecule has 8 heteroatoms. The zero-order valence-corrected chi connectivity index (χ0v) is 18.3. The largest absolute Gasteiger partial charge is 0.450 e. The van der Waals surface area contributed by atoms with E-state index < -0.39 is 0 Å². The number of fused-ring (bicyclic) bond motifs is 1. The van der Waals surface area contributed by atoms with Crippen LogP contribution < -0.4 is 5.56 Å². The third kappa shape index (κ3) is 4.11. The number of amides is 1. The molecular formula is C22H26N4O3S. The second-order valence-corrected chi connectivity index (χ2v) is 8.76. The molecule has 1 saturated heterocycles. The number of nitrogens with zero attached hydrogens (tertiary/aromatic N) is 3. The maximum Gasteiger partial charge on any atom is 0.409 e. The van der Waals surface area contributed by atoms with E-state index in [1.54, 1.807) is 16.2 Å². The number of carbonyl (C=O) groups excluding carboxylic acids is 1. The maximum absolute atomic E-state index is 13.0. The van der Waals surface area contributed by atoms with Gasteiger partial charge < -0.3 is 14.6 Å². The van der Waals surface area contributed by atoms with Crippen LogP contribution in [0.4, 0.5) is 4.79 Å². The van der Waals surface area contributed by atoms with Gasteiger partial charge in [0.15, 0.2) is 0 Å². The summed E-state index contributed by atoms with van der Waals surface area (Å²) in [7, 11) is 0. The van der Waals surface area contributed by atoms with Gasteiger partial charge in [-0.2, -0.15) is 0 Å². The van der Waals surface area contributed by atoms with E-state index in [0.29, 0.717) is 37.5 Å². The number of nitrogens with one attached hydrogen (secondary N) is 1. The summed E-state index contributed by atoms with van der Waals surface area (Å²) in [5.74, 6) is 0.661. The zero-order valence-electron chi connectivity index (χ0n) is 17.5. The molecule has 3 aromatic rings. The molecule has 0 bridgehead atoms. The Bertz CT molecular complexity index is 1110. The molecule has 7 nitrogen and oxygen atoms in total. The molecule has 4 rings (SSSR count). The number of ether oxygens (including phenoxy) is 1. The summed E-state index contributed by atoms with van der Waals surface area (Å²) < 4.78 is 5.07. The molecule has 158 valence electrons. The van der Waals surface area contributed by atoms with E-state index in [0.717, 1.165) is 33.9 Å². The highest BCUT2D eigenvalue weighted by Gasteiger charge is 2.23. The number of hydrogen-bond donors (Lipinski definition) is 1. The Hall–Kier alpha value is -2.71. The first-order valence-corrected chi connectivity index (χ1v) is 11.0. The summed E-state index contributed by atoms with van der Waals surface area (Å²) in [6.45, 7) is 9.50. The predicted octanol–water partition coefficient (Wildman–Crippen LogP) is 3.54. The number of aryl methyl sites for hydroxylation is 2.